The summed E-state index contributed by atoms with van der Waals surface area (Å²) in [7, 11) is 0. The molecule has 0 bridgehead atoms. The van der Waals surface area contributed by atoms with Gasteiger partial charge in [0.25, 0.3) is 0 Å². The Bertz CT molecular complexity index is 575. The van der Waals surface area contributed by atoms with Gasteiger partial charge in [0, 0.05) is 23.2 Å². The molecule has 2 nitrogen and oxygen atoms in total. The first kappa shape index (κ1) is 16.6. The molecule has 1 heterocycles. The van der Waals surface area contributed by atoms with Crippen molar-refractivity contribution in [3.63, 3.8) is 0 Å². The highest BCUT2D eigenvalue weighted by Gasteiger charge is 2.23. The van der Waals surface area contributed by atoms with E-state index < -0.39 is 0 Å². The summed E-state index contributed by atoms with van der Waals surface area (Å²) in [5.41, 5.74) is 1.22. The lowest BCUT2D eigenvalue weighted by atomic mass is 10.1. The van der Waals surface area contributed by atoms with Gasteiger partial charge in [-0.3, -0.25) is 0 Å². The first-order valence-corrected chi connectivity index (χ1v) is 9.33. The summed E-state index contributed by atoms with van der Waals surface area (Å²) in [5.74, 6) is 0. The fourth-order valence-electron chi connectivity index (χ4n) is 3.11. The molecule has 0 radical (unpaired) electrons. The SMILES string of the molecule is OC(CCN1CCC(Sc2ccccc2)C1)Cc1ccccc1. The number of hydrogen-bond acceptors (Lipinski definition) is 3. The number of rotatable bonds is 7. The van der Waals surface area contributed by atoms with Crippen LogP contribution in [0.15, 0.2) is 65.6 Å². The average Bonchev–Trinajstić information content (AvgIpc) is 3.02. The Morgan fingerprint density at radius 1 is 1.04 bits per heavy atom. The van der Waals surface area contributed by atoms with Gasteiger partial charge >= 0.3 is 0 Å². The molecule has 2 aromatic carbocycles. The number of hydrogen-bond donors (Lipinski definition) is 1. The van der Waals surface area contributed by atoms with Gasteiger partial charge in [-0.15, -0.1) is 11.8 Å². The van der Waals surface area contributed by atoms with Crippen molar-refractivity contribution in [1.29, 1.82) is 0 Å². The van der Waals surface area contributed by atoms with E-state index in [4.69, 9.17) is 0 Å². The molecule has 0 saturated carbocycles. The standard InChI is InChI=1S/C20H25NOS/c22-18(15-17-7-3-1-4-8-17)11-13-21-14-12-20(16-21)23-19-9-5-2-6-10-19/h1-10,18,20,22H,11-16H2. The van der Waals surface area contributed by atoms with Gasteiger partial charge in [-0.05, 0) is 43.5 Å². The maximum Gasteiger partial charge on any atom is 0.0592 e. The van der Waals surface area contributed by atoms with Crippen LogP contribution in [0.1, 0.15) is 18.4 Å². The molecule has 2 unspecified atom stereocenters. The molecule has 1 saturated heterocycles. The van der Waals surface area contributed by atoms with Crippen molar-refractivity contribution < 1.29 is 5.11 Å². The molecule has 2 atom stereocenters. The largest absolute Gasteiger partial charge is 0.393 e. The predicted molar refractivity (Wildman–Crippen MR) is 97.9 cm³/mol. The maximum atomic E-state index is 10.2. The monoisotopic (exact) mass is 327 g/mol. The minimum absolute atomic E-state index is 0.238. The summed E-state index contributed by atoms with van der Waals surface area (Å²) in [4.78, 5) is 3.86. The van der Waals surface area contributed by atoms with Crippen molar-refractivity contribution in [2.24, 2.45) is 0 Å². The summed E-state index contributed by atoms with van der Waals surface area (Å²) >= 11 is 1.99. The van der Waals surface area contributed by atoms with E-state index in [-0.39, 0.29) is 6.10 Å². The van der Waals surface area contributed by atoms with Crippen LogP contribution in [0.2, 0.25) is 0 Å². The van der Waals surface area contributed by atoms with Crippen LogP contribution in [-0.2, 0) is 6.42 Å². The minimum Gasteiger partial charge on any atom is -0.393 e. The molecule has 0 amide bonds. The third-order valence-corrected chi connectivity index (χ3v) is 5.63. The van der Waals surface area contributed by atoms with Crippen molar-refractivity contribution in [2.75, 3.05) is 19.6 Å². The Hall–Kier alpha value is -1.29. The van der Waals surface area contributed by atoms with Crippen LogP contribution >= 0.6 is 11.8 Å². The Morgan fingerprint density at radius 3 is 2.48 bits per heavy atom. The van der Waals surface area contributed by atoms with E-state index in [0.29, 0.717) is 5.25 Å². The molecule has 3 heteroatoms. The summed E-state index contributed by atoms with van der Waals surface area (Å²) in [6.45, 7) is 3.29. The normalized spacial score (nSPS) is 19.8. The van der Waals surface area contributed by atoms with Gasteiger partial charge in [-0.25, -0.2) is 0 Å². The van der Waals surface area contributed by atoms with Gasteiger partial charge in [-0.2, -0.15) is 0 Å². The van der Waals surface area contributed by atoms with Gasteiger partial charge in [-0.1, -0.05) is 48.5 Å². The summed E-state index contributed by atoms with van der Waals surface area (Å²) in [6.07, 6.45) is 2.63. The van der Waals surface area contributed by atoms with Crippen molar-refractivity contribution >= 4 is 11.8 Å². The number of nitrogens with zero attached hydrogens (tertiary/aromatic N) is 1. The molecule has 122 valence electrons. The number of benzene rings is 2. The van der Waals surface area contributed by atoms with E-state index in [1.807, 2.05) is 30.0 Å². The van der Waals surface area contributed by atoms with Crippen LogP contribution < -0.4 is 0 Å². The Balaban J connectivity index is 1.38. The zero-order valence-corrected chi connectivity index (χ0v) is 14.3. The lowest BCUT2D eigenvalue weighted by Crippen LogP contribution is -2.26. The van der Waals surface area contributed by atoms with Crippen molar-refractivity contribution in [1.82, 2.24) is 4.90 Å². The van der Waals surface area contributed by atoms with Gasteiger partial charge in [0.05, 0.1) is 6.10 Å². The number of aliphatic hydroxyl groups excluding tert-OH is 1. The highest BCUT2D eigenvalue weighted by molar-refractivity contribution is 8.00. The molecule has 0 aromatic heterocycles. The van der Waals surface area contributed by atoms with Crippen LogP contribution in [0.4, 0.5) is 0 Å². The van der Waals surface area contributed by atoms with Crippen LogP contribution in [0.5, 0.6) is 0 Å². The van der Waals surface area contributed by atoms with E-state index in [9.17, 15) is 5.11 Å². The molecule has 3 rings (SSSR count). The zero-order valence-electron chi connectivity index (χ0n) is 13.5. The second kappa shape index (κ2) is 8.53. The summed E-state index contributed by atoms with van der Waals surface area (Å²) in [6, 6.07) is 20.9. The molecule has 1 aliphatic heterocycles. The van der Waals surface area contributed by atoms with Crippen molar-refractivity contribution in [3.05, 3.63) is 66.2 Å². The smallest absolute Gasteiger partial charge is 0.0592 e. The second-order valence-electron chi connectivity index (χ2n) is 6.27. The zero-order chi connectivity index (χ0) is 15.9. The van der Waals surface area contributed by atoms with Gasteiger partial charge in [0.2, 0.25) is 0 Å². The molecule has 0 aliphatic carbocycles. The maximum absolute atomic E-state index is 10.2. The Labute approximate surface area is 143 Å². The molecule has 23 heavy (non-hydrogen) atoms. The van der Waals surface area contributed by atoms with Crippen LogP contribution in [0.25, 0.3) is 0 Å². The quantitative estimate of drug-likeness (QED) is 0.835. The number of likely N-dealkylation sites (tertiary alicyclic amines) is 1. The number of aliphatic hydroxyl groups is 1. The Kier molecular flexibility index (Phi) is 6.14. The third kappa shape index (κ3) is 5.38. The molecular weight excluding hydrogens is 302 g/mol. The van der Waals surface area contributed by atoms with E-state index in [0.717, 1.165) is 32.5 Å². The molecule has 0 spiro atoms. The molecule has 2 aromatic rings. The van der Waals surface area contributed by atoms with Gasteiger partial charge in [0.1, 0.15) is 0 Å². The molecule has 1 N–H and O–H groups in total. The molecule has 1 fully saturated rings. The first-order valence-electron chi connectivity index (χ1n) is 8.45. The highest BCUT2D eigenvalue weighted by Crippen LogP contribution is 2.29. The van der Waals surface area contributed by atoms with E-state index in [1.54, 1.807) is 0 Å². The Morgan fingerprint density at radius 2 is 1.74 bits per heavy atom. The second-order valence-corrected chi connectivity index (χ2v) is 7.65. The predicted octanol–water partition coefficient (Wildman–Crippen LogP) is 3.85. The van der Waals surface area contributed by atoms with Crippen molar-refractivity contribution in [3.8, 4) is 0 Å². The molecular formula is C20H25NOS. The molecule has 1 aliphatic rings. The van der Waals surface area contributed by atoms with E-state index >= 15 is 0 Å². The lowest BCUT2D eigenvalue weighted by Gasteiger charge is -2.18. The van der Waals surface area contributed by atoms with Gasteiger partial charge in [0.15, 0.2) is 0 Å². The fraction of sp³-hybridized carbons (Fsp3) is 0.400. The van der Waals surface area contributed by atoms with Gasteiger partial charge < -0.3 is 10.0 Å². The summed E-state index contributed by atoms with van der Waals surface area (Å²) in [5, 5.41) is 10.9. The fourth-order valence-corrected chi connectivity index (χ4v) is 4.32. The van der Waals surface area contributed by atoms with Crippen molar-refractivity contribution in [2.45, 2.75) is 35.5 Å². The topological polar surface area (TPSA) is 23.5 Å². The average molecular weight is 327 g/mol. The first-order chi connectivity index (χ1) is 11.3. The van der Waals surface area contributed by atoms with Crippen LogP contribution in [-0.4, -0.2) is 41.0 Å². The highest BCUT2D eigenvalue weighted by atomic mass is 32.2. The summed E-state index contributed by atoms with van der Waals surface area (Å²) < 4.78 is 0. The minimum atomic E-state index is -0.238. The van der Waals surface area contributed by atoms with Crippen LogP contribution in [0, 0.1) is 0 Å². The van der Waals surface area contributed by atoms with Crippen LogP contribution in [0.3, 0.4) is 0 Å². The van der Waals surface area contributed by atoms with E-state index in [2.05, 4.69) is 47.4 Å². The third-order valence-electron chi connectivity index (χ3n) is 4.37. The number of thioether (sulfide) groups is 1. The lowest BCUT2D eigenvalue weighted by molar-refractivity contribution is 0.147. The van der Waals surface area contributed by atoms with E-state index in [1.165, 1.54) is 16.9 Å².